The number of ether oxygens (including phenoxy) is 1. The Balaban J connectivity index is 0.00000484. The molecule has 0 fully saturated rings. The fraction of sp³-hybridized carbons (Fsp3) is 0.533. The van der Waals surface area contributed by atoms with Crippen molar-refractivity contribution >= 4 is 47.4 Å². The first kappa shape index (κ1) is 22.3. The van der Waals surface area contributed by atoms with E-state index >= 15 is 0 Å². The third-order valence-electron chi connectivity index (χ3n) is 2.97. The van der Waals surface area contributed by atoms with E-state index in [1.54, 1.807) is 30.0 Å². The standard InChI is InChI=1S/C15H24ClN3O2S.ClH/c1-19(2)7-8-21-14-5-4-11(10-12(14)16)18-15(20)13(17)6-9-22-3;/h4-5,10,13H,6-9,17H2,1-3H3,(H,18,20);1H/t13-;/m0./s1. The Morgan fingerprint density at radius 2 is 2.17 bits per heavy atom. The maximum absolute atomic E-state index is 11.9. The van der Waals surface area contributed by atoms with Crippen LogP contribution in [0.15, 0.2) is 18.2 Å². The Bertz CT molecular complexity index is 490. The number of likely N-dealkylation sites (N-methyl/N-ethyl adjacent to an activating group) is 1. The average molecular weight is 382 g/mol. The highest BCUT2D eigenvalue weighted by molar-refractivity contribution is 7.98. The van der Waals surface area contributed by atoms with Gasteiger partial charge in [-0.25, -0.2) is 0 Å². The largest absolute Gasteiger partial charge is 0.491 e. The maximum atomic E-state index is 11.9. The van der Waals surface area contributed by atoms with Crippen LogP contribution in [-0.4, -0.2) is 56.1 Å². The smallest absolute Gasteiger partial charge is 0.241 e. The monoisotopic (exact) mass is 381 g/mol. The molecule has 0 heterocycles. The van der Waals surface area contributed by atoms with Gasteiger partial charge in [0.1, 0.15) is 12.4 Å². The highest BCUT2D eigenvalue weighted by Gasteiger charge is 2.13. The molecule has 0 radical (unpaired) electrons. The number of hydrogen-bond acceptors (Lipinski definition) is 5. The lowest BCUT2D eigenvalue weighted by Crippen LogP contribution is -2.36. The lowest BCUT2D eigenvalue weighted by atomic mass is 10.2. The van der Waals surface area contributed by atoms with E-state index in [-0.39, 0.29) is 18.3 Å². The van der Waals surface area contributed by atoms with Crippen molar-refractivity contribution in [1.82, 2.24) is 4.90 Å². The summed E-state index contributed by atoms with van der Waals surface area (Å²) in [6.07, 6.45) is 2.63. The van der Waals surface area contributed by atoms with Crippen molar-refractivity contribution in [3.8, 4) is 5.75 Å². The van der Waals surface area contributed by atoms with Gasteiger partial charge in [0, 0.05) is 12.2 Å². The molecule has 1 aromatic carbocycles. The summed E-state index contributed by atoms with van der Waals surface area (Å²) in [7, 11) is 3.95. The highest BCUT2D eigenvalue weighted by Crippen LogP contribution is 2.27. The molecular formula is C15H25Cl2N3O2S. The van der Waals surface area contributed by atoms with E-state index in [9.17, 15) is 4.79 Å². The zero-order valence-corrected chi connectivity index (χ0v) is 16.1. The van der Waals surface area contributed by atoms with Crippen molar-refractivity contribution in [3.05, 3.63) is 23.2 Å². The molecule has 0 spiro atoms. The van der Waals surface area contributed by atoms with Crippen LogP contribution in [0.2, 0.25) is 5.02 Å². The summed E-state index contributed by atoms with van der Waals surface area (Å²) in [6, 6.07) is 4.67. The van der Waals surface area contributed by atoms with E-state index in [2.05, 4.69) is 5.32 Å². The van der Waals surface area contributed by atoms with Crippen LogP contribution < -0.4 is 15.8 Å². The van der Waals surface area contributed by atoms with Gasteiger partial charge in [-0.3, -0.25) is 4.79 Å². The van der Waals surface area contributed by atoms with Gasteiger partial charge in [0.25, 0.3) is 0 Å². The summed E-state index contributed by atoms with van der Waals surface area (Å²) in [6.45, 7) is 1.36. The predicted molar refractivity (Wildman–Crippen MR) is 102 cm³/mol. The summed E-state index contributed by atoms with van der Waals surface area (Å²) in [5.41, 5.74) is 6.45. The summed E-state index contributed by atoms with van der Waals surface area (Å²) in [5, 5.41) is 3.24. The van der Waals surface area contributed by atoms with Crippen molar-refractivity contribution in [1.29, 1.82) is 0 Å². The van der Waals surface area contributed by atoms with Crippen LogP contribution in [0.5, 0.6) is 5.75 Å². The number of nitrogens with one attached hydrogen (secondary N) is 1. The fourth-order valence-corrected chi connectivity index (χ4v) is 2.37. The zero-order valence-electron chi connectivity index (χ0n) is 13.7. The lowest BCUT2D eigenvalue weighted by molar-refractivity contribution is -0.117. The van der Waals surface area contributed by atoms with E-state index in [1.807, 2.05) is 25.3 Å². The molecule has 3 N–H and O–H groups in total. The fourth-order valence-electron chi connectivity index (χ4n) is 1.64. The minimum atomic E-state index is -0.512. The van der Waals surface area contributed by atoms with Crippen LogP contribution in [0.3, 0.4) is 0 Å². The summed E-state index contributed by atoms with van der Waals surface area (Å²) < 4.78 is 5.59. The number of rotatable bonds is 9. The molecule has 0 bridgehead atoms. The number of halogens is 2. The van der Waals surface area contributed by atoms with Gasteiger partial charge in [0.2, 0.25) is 5.91 Å². The molecule has 0 saturated heterocycles. The number of hydrogen-bond donors (Lipinski definition) is 2. The van der Waals surface area contributed by atoms with Gasteiger partial charge in [-0.2, -0.15) is 11.8 Å². The van der Waals surface area contributed by atoms with Gasteiger partial charge in [0.05, 0.1) is 11.1 Å². The topological polar surface area (TPSA) is 67.6 Å². The number of anilines is 1. The van der Waals surface area contributed by atoms with E-state index in [4.69, 9.17) is 22.1 Å². The van der Waals surface area contributed by atoms with Crippen molar-refractivity contribution in [2.24, 2.45) is 5.73 Å². The quantitative estimate of drug-likeness (QED) is 0.688. The molecular weight excluding hydrogens is 357 g/mol. The summed E-state index contributed by atoms with van der Waals surface area (Å²) in [5.74, 6) is 1.26. The normalized spacial score (nSPS) is 11.7. The Hall–Kier alpha value is -0.660. The van der Waals surface area contributed by atoms with Crippen LogP contribution in [0.25, 0.3) is 0 Å². The van der Waals surface area contributed by atoms with E-state index in [0.29, 0.717) is 29.5 Å². The Morgan fingerprint density at radius 1 is 1.48 bits per heavy atom. The molecule has 0 aliphatic carbocycles. The van der Waals surface area contributed by atoms with Gasteiger partial charge in [-0.15, -0.1) is 12.4 Å². The SMILES string of the molecule is CSCC[C@H](N)C(=O)Nc1ccc(OCCN(C)C)c(Cl)c1.Cl. The average Bonchev–Trinajstić information content (AvgIpc) is 2.46. The number of amides is 1. The molecule has 1 atom stereocenters. The van der Waals surface area contributed by atoms with Crippen LogP contribution in [-0.2, 0) is 4.79 Å². The second kappa shape index (κ2) is 11.8. The first-order chi connectivity index (χ1) is 10.4. The van der Waals surface area contributed by atoms with Gasteiger partial charge in [-0.1, -0.05) is 11.6 Å². The summed E-state index contributed by atoms with van der Waals surface area (Å²) in [4.78, 5) is 14.0. The number of carbonyl (C=O) groups is 1. The predicted octanol–water partition coefficient (Wildman–Crippen LogP) is 2.72. The molecule has 1 aromatic rings. The van der Waals surface area contributed by atoms with Gasteiger partial charge < -0.3 is 20.7 Å². The number of nitrogens with two attached hydrogens (primary N) is 1. The third-order valence-corrected chi connectivity index (χ3v) is 3.90. The van der Waals surface area contributed by atoms with Crippen molar-refractivity contribution in [3.63, 3.8) is 0 Å². The van der Waals surface area contributed by atoms with Gasteiger partial charge >= 0.3 is 0 Å². The Kier molecular flexibility index (Phi) is 11.5. The number of thioether (sulfide) groups is 1. The van der Waals surface area contributed by atoms with E-state index < -0.39 is 6.04 Å². The van der Waals surface area contributed by atoms with Gasteiger partial charge in [-0.05, 0) is 50.7 Å². The molecule has 0 saturated carbocycles. The van der Waals surface area contributed by atoms with Crippen LogP contribution in [0.1, 0.15) is 6.42 Å². The van der Waals surface area contributed by atoms with Crippen LogP contribution in [0.4, 0.5) is 5.69 Å². The maximum Gasteiger partial charge on any atom is 0.241 e. The molecule has 8 heteroatoms. The first-order valence-corrected chi connectivity index (χ1v) is 8.83. The van der Waals surface area contributed by atoms with E-state index in [0.717, 1.165) is 12.3 Å². The second-order valence-corrected chi connectivity index (χ2v) is 6.57. The van der Waals surface area contributed by atoms with Crippen molar-refractivity contribution in [2.45, 2.75) is 12.5 Å². The molecule has 0 unspecified atom stereocenters. The highest BCUT2D eigenvalue weighted by atomic mass is 35.5. The minimum absolute atomic E-state index is 0. The second-order valence-electron chi connectivity index (χ2n) is 5.17. The molecule has 0 aromatic heterocycles. The Labute approximate surface area is 153 Å². The first-order valence-electron chi connectivity index (χ1n) is 7.06. The Morgan fingerprint density at radius 3 is 2.74 bits per heavy atom. The summed E-state index contributed by atoms with van der Waals surface area (Å²) >= 11 is 7.83. The van der Waals surface area contributed by atoms with Crippen LogP contribution in [0, 0.1) is 0 Å². The number of benzene rings is 1. The van der Waals surface area contributed by atoms with Crippen LogP contribution >= 0.6 is 35.8 Å². The van der Waals surface area contributed by atoms with Crippen molar-refractivity contribution in [2.75, 3.05) is 44.6 Å². The molecule has 1 amide bonds. The molecule has 23 heavy (non-hydrogen) atoms. The molecule has 0 aliphatic heterocycles. The third kappa shape index (κ3) is 8.67. The molecule has 0 aliphatic rings. The van der Waals surface area contributed by atoms with Crippen molar-refractivity contribution < 1.29 is 9.53 Å². The minimum Gasteiger partial charge on any atom is -0.491 e. The lowest BCUT2D eigenvalue weighted by Gasteiger charge is -2.14. The zero-order chi connectivity index (χ0) is 16.5. The number of carbonyl (C=O) groups excluding carboxylic acids is 1. The van der Waals surface area contributed by atoms with E-state index in [1.165, 1.54) is 0 Å². The molecule has 132 valence electrons. The van der Waals surface area contributed by atoms with Gasteiger partial charge in [0.15, 0.2) is 0 Å². The molecule has 5 nitrogen and oxygen atoms in total. The number of nitrogens with zero attached hydrogens (tertiary/aromatic N) is 1. The molecule has 1 rings (SSSR count).